The molecule has 2 aromatic carbocycles. The molecule has 150 valence electrons. The molecule has 2 heterocycles. The third-order valence-electron chi connectivity index (χ3n) is 4.45. The van der Waals surface area contributed by atoms with Gasteiger partial charge in [-0.05, 0) is 66.8 Å². The summed E-state index contributed by atoms with van der Waals surface area (Å²) in [4.78, 5) is 26.7. The zero-order valence-electron chi connectivity index (χ0n) is 15.7. The van der Waals surface area contributed by atoms with Gasteiger partial charge >= 0.3 is 0 Å². The topological polar surface area (TPSA) is 71.8 Å². The first kappa shape index (κ1) is 19.9. The van der Waals surface area contributed by atoms with Crippen molar-refractivity contribution in [3.8, 4) is 17.1 Å². The summed E-state index contributed by atoms with van der Waals surface area (Å²) in [5, 5.41) is 3.13. The largest absolute Gasteiger partial charge is 0.497 e. The van der Waals surface area contributed by atoms with Gasteiger partial charge in [0.2, 0.25) is 0 Å². The number of benzene rings is 2. The molecule has 8 heteroatoms. The van der Waals surface area contributed by atoms with Crippen LogP contribution in [0.15, 0.2) is 70.7 Å². The number of carbonyl (C=O) groups excluding carboxylic acids is 2. The number of rotatable bonds is 4. The molecule has 1 saturated heterocycles. The molecular weight excluding hydrogens is 424 g/mol. The number of anilines is 1. The fourth-order valence-electron chi connectivity index (χ4n) is 2.99. The molecular formula is C22H15ClN2O4S. The van der Waals surface area contributed by atoms with Crippen LogP contribution in [0.4, 0.5) is 5.69 Å². The van der Waals surface area contributed by atoms with Crippen molar-refractivity contribution in [2.45, 2.75) is 0 Å². The first-order valence-electron chi connectivity index (χ1n) is 8.87. The molecule has 1 N–H and O–H groups in total. The average Bonchev–Trinajstić information content (AvgIpc) is 3.20. The highest BCUT2D eigenvalue weighted by molar-refractivity contribution is 7.80. The Morgan fingerprint density at radius 1 is 1.10 bits per heavy atom. The normalized spacial score (nSPS) is 15.5. The van der Waals surface area contributed by atoms with Crippen LogP contribution in [0.1, 0.15) is 5.76 Å². The SMILES string of the molecule is COc1ccc(N2C(=O)/C(=C\c3ccc(-c4cccc(Cl)c4)o3)C(=O)NC2=S)cc1. The van der Waals surface area contributed by atoms with Crippen LogP contribution in [0.5, 0.6) is 5.75 Å². The van der Waals surface area contributed by atoms with E-state index in [2.05, 4.69) is 5.32 Å². The third kappa shape index (κ3) is 3.85. The molecule has 1 aromatic heterocycles. The molecule has 2 amide bonds. The molecule has 0 spiro atoms. The summed E-state index contributed by atoms with van der Waals surface area (Å²) >= 11 is 11.2. The number of hydrogen-bond donors (Lipinski definition) is 1. The first-order valence-corrected chi connectivity index (χ1v) is 9.66. The van der Waals surface area contributed by atoms with Crippen LogP contribution in [-0.2, 0) is 9.59 Å². The lowest BCUT2D eigenvalue weighted by Gasteiger charge is -2.28. The molecule has 0 unspecified atom stereocenters. The highest BCUT2D eigenvalue weighted by Crippen LogP contribution is 2.28. The van der Waals surface area contributed by atoms with Crippen LogP contribution in [0.25, 0.3) is 17.4 Å². The standard InChI is InChI=1S/C22H15ClN2O4S/c1-28-16-7-5-15(6-8-16)25-21(27)18(20(26)24-22(25)30)12-17-9-10-19(29-17)13-3-2-4-14(23)11-13/h2-12H,1H3,(H,24,26,30)/b18-12-. The molecule has 0 radical (unpaired) electrons. The lowest BCUT2D eigenvalue weighted by molar-refractivity contribution is -0.122. The molecule has 0 atom stereocenters. The summed E-state index contributed by atoms with van der Waals surface area (Å²) in [6.07, 6.45) is 1.39. The van der Waals surface area contributed by atoms with Gasteiger partial charge in [-0.25, -0.2) is 0 Å². The number of nitrogens with zero attached hydrogens (tertiary/aromatic N) is 1. The van der Waals surface area contributed by atoms with Gasteiger partial charge in [0.25, 0.3) is 11.8 Å². The van der Waals surface area contributed by atoms with Crippen molar-refractivity contribution >= 4 is 52.5 Å². The molecule has 0 bridgehead atoms. The number of amides is 2. The minimum atomic E-state index is -0.588. The van der Waals surface area contributed by atoms with E-state index in [1.165, 1.54) is 11.0 Å². The maximum Gasteiger partial charge on any atom is 0.270 e. The van der Waals surface area contributed by atoms with E-state index in [0.717, 1.165) is 5.56 Å². The summed E-state index contributed by atoms with van der Waals surface area (Å²) in [6.45, 7) is 0. The lowest BCUT2D eigenvalue weighted by Crippen LogP contribution is -2.54. The number of hydrogen-bond acceptors (Lipinski definition) is 5. The first-order chi connectivity index (χ1) is 14.5. The van der Waals surface area contributed by atoms with E-state index in [1.54, 1.807) is 55.6 Å². The van der Waals surface area contributed by atoms with E-state index in [0.29, 0.717) is 28.0 Å². The predicted octanol–water partition coefficient (Wildman–Crippen LogP) is 4.44. The highest BCUT2D eigenvalue weighted by Gasteiger charge is 2.34. The number of carbonyl (C=O) groups is 2. The number of nitrogens with one attached hydrogen (secondary N) is 1. The van der Waals surface area contributed by atoms with Gasteiger partial charge in [-0.3, -0.25) is 19.8 Å². The van der Waals surface area contributed by atoms with Gasteiger partial charge < -0.3 is 9.15 Å². The van der Waals surface area contributed by atoms with Crippen molar-refractivity contribution < 1.29 is 18.7 Å². The lowest BCUT2D eigenvalue weighted by atomic mass is 10.1. The Morgan fingerprint density at radius 3 is 2.57 bits per heavy atom. The number of thiocarbonyl (C=S) groups is 1. The maximum absolute atomic E-state index is 13.0. The second kappa shape index (κ2) is 8.14. The Hall–Kier alpha value is -3.42. The monoisotopic (exact) mass is 438 g/mol. The summed E-state index contributed by atoms with van der Waals surface area (Å²) in [5.41, 5.74) is 1.20. The maximum atomic E-state index is 13.0. The van der Waals surface area contributed by atoms with Crippen LogP contribution in [0, 0.1) is 0 Å². The second-order valence-corrected chi connectivity index (χ2v) is 7.19. The van der Waals surface area contributed by atoms with Gasteiger partial charge in [0.1, 0.15) is 22.8 Å². The quantitative estimate of drug-likeness (QED) is 0.370. The van der Waals surface area contributed by atoms with Crippen LogP contribution in [-0.4, -0.2) is 24.0 Å². The Kier molecular flexibility index (Phi) is 5.39. The predicted molar refractivity (Wildman–Crippen MR) is 118 cm³/mol. The molecule has 4 rings (SSSR count). The molecule has 3 aromatic rings. The Morgan fingerprint density at radius 2 is 1.87 bits per heavy atom. The van der Waals surface area contributed by atoms with E-state index in [1.807, 2.05) is 12.1 Å². The van der Waals surface area contributed by atoms with Gasteiger partial charge in [0.15, 0.2) is 5.11 Å². The van der Waals surface area contributed by atoms with Crippen molar-refractivity contribution in [1.29, 1.82) is 0 Å². The van der Waals surface area contributed by atoms with Crippen molar-refractivity contribution in [2.75, 3.05) is 12.0 Å². The second-order valence-electron chi connectivity index (χ2n) is 6.37. The van der Waals surface area contributed by atoms with Gasteiger partial charge in [-0.2, -0.15) is 0 Å². The molecule has 6 nitrogen and oxygen atoms in total. The molecule has 1 fully saturated rings. The van der Waals surface area contributed by atoms with Crippen LogP contribution >= 0.6 is 23.8 Å². The Bertz CT molecular complexity index is 1180. The van der Waals surface area contributed by atoms with Gasteiger partial charge in [-0.15, -0.1) is 0 Å². The third-order valence-corrected chi connectivity index (χ3v) is 4.97. The van der Waals surface area contributed by atoms with Gasteiger partial charge in [0.05, 0.1) is 12.8 Å². The van der Waals surface area contributed by atoms with Crippen molar-refractivity contribution in [2.24, 2.45) is 0 Å². The average molecular weight is 439 g/mol. The summed E-state index contributed by atoms with van der Waals surface area (Å²) in [7, 11) is 1.55. The minimum absolute atomic E-state index is 0.00591. The van der Waals surface area contributed by atoms with Crippen molar-refractivity contribution in [3.63, 3.8) is 0 Å². The van der Waals surface area contributed by atoms with E-state index in [-0.39, 0.29) is 10.7 Å². The van der Waals surface area contributed by atoms with Crippen LogP contribution in [0.3, 0.4) is 0 Å². The van der Waals surface area contributed by atoms with Crippen molar-refractivity contribution in [1.82, 2.24) is 5.32 Å². The summed E-state index contributed by atoms with van der Waals surface area (Å²) in [6, 6.07) is 17.4. The fraction of sp³-hybridized carbons (Fsp3) is 0.0455. The molecule has 0 saturated carbocycles. The van der Waals surface area contributed by atoms with Crippen LogP contribution in [0.2, 0.25) is 5.02 Å². The molecule has 0 aliphatic carbocycles. The van der Waals surface area contributed by atoms with E-state index < -0.39 is 11.8 Å². The zero-order chi connectivity index (χ0) is 21.3. The van der Waals surface area contributed by atoms with Gasteiger partial charge in [0, 0.05) is 10.6 Å². The zero-order valence-corrected chi connectivity index (χ0v) is 17.3. The Labute approximate surface area is 182 Å². The number of furan rings is 1. The molecule has 30 heavy (non-hydrogen) atoms. The highest BCUT2D eigenvalue weighted by atomic mass is 35.5. The molecule has 1 aliphatic rings. The summed E-state index contributed by atoms with van der Waals surface area (Å²) < 4.78 is 10.9. The summed E-state index contributed by atoms with van der Waals surface area (Å²) in [5.74, 6) is 0.421. The minimum Gasteiger partial charge on any atom is -0.497 e. The number of ether oxygens (including phenoxy) is 1. The van der Waals surface area contributed by atoms with Gasteiger partial charge in [-0.1, -0.05) is 23.7 Å². The number of halogens is 1. The van der Waals surface area contributed by atoms with E-state index >= 15 is 0 Å². The fourth-order valence-corrected chi connectivity index (χ4v) is 3.46. The van der Waals surface area contributed by atoms with Crippen LogP contribution < -0.4 is 15.0 Å². The Balaban J connectivity index is 1.66. The van der Waals surface area contributed by atoms with E-state index in [9.17, 15) is 9.59 Å². The van der Waals surface area contributed by atoms with Crippen molar-refractivity contribution in [3.05, 3.63) is 77.0 Å². The van der Waals surface area contributed by atoms with E-state index in [4.69, 9.17) is 33.0 Å². The smallest absolute Gasteiger partial charge is 0.270 e. The molecule has 1 aliphatic heterocycles. The number of methoxy groups -OCH3 is 1.